The van der Waals surface area contributed by atoms with Gasteiger partial charge in [0.15, 0.2) is 5.69 Å². The third-order valence-corrected chi connectivity index (χ3v) is 10.6. The van der Waals surface area contributed by atoms with Gasteiger partial charge in [0.25, 0.3) is 5.91 Å². The molecule has 1 aromatic heterocycles. The first kappa shape index (κ1) is 21.3. The van der Waals surface area contributed by atoms with E-state index in [0.29, 0.717) is 35.6 Å². The number of nitrogens with two attached hydrogens (primary N) is 1. The van der Waals surface area contributed by atoms with Crippen molar-refractivity contribution < 1.29 is 17.8 Å². The highest BCUT2D eigenvalue weighted by atomic mass is 35.5. The Morgan fingerprint density at radius 3 is 2.84 bits per heavy atom. The van der Waals surface area contributed by atoms with Crippen LogP contribution in [0.2, 0.25) is 5.02 Å². The molecule has 8 nitrogen and oxygen atoms in total. The maximum absolute atomic E-state index is 13.9. The van der Waals surface area contributed by atoms with Crippen LogP contribution in [0.3, 0.4) is 0 Å². The number of carbonyl (C=O) groups excluding carboxylic acids is 1. The molecule has 0 fully saturated rings. The molecule has 32 heavy (non-hydrogen) atoms. The third kappa shape index (κ3) is 2.70. The van der Waals surface area contributed by atoms with Crippen LogP contribution in [0.15, 0.2) is 33.8 Å². The number of hydrogen-bond acceptors (Lipinski definition) is 6. The second-order valence-electron chi connectivity index (χ2n) is 8.72. The molecule has 12 heteroatoms. The van der Waals surface area contributed by atoms with Crippen LogP contribution in [0.1, 0.15) is 48.4 Å². The van der Waals surface area contributed by atoms with E-state index in [9.17, 15) is 17.8 Å². The van der Waals surface area contributed by atoms with Crippen LogP contribution in [-0.4, -0.2) is 42.3 Å². The number of nitrogens with zero attached hydrogens (tertiary/aromatic N) is 4. The van der Waals surface area contributed by atoms with Crippen molar-refractivity contribution >= 4 is 38.8 Å². The van der Waals surface area contributed by atoms with Gasteiger partial charge < -0.3 is 11.1 Å². The lowest BCUT2D eigenvalue weighted by Gasteiger charge is -2.51. The minimum Gasteiger partial charge on any atom is -0.386 e. The number of hydrogen-bond donors (Lipinski definition) is 2. The number of amides is 1. The zero-order valence-electron chi connectivity index (χ0n) is 17.3. The van der Waals surface area contributed by atoms with E-state index in [2.05, 4.69) is 14.8 Å². The molecule has 1 aliphatic carbocycles. The first-order chi connectivity index (χ1) is 15.0. The summed E-state index contributed by atoms with van der Waals surface area (Å²) >= 11 is 5.90. The summed E-state index contributed by atoms with van der Waals surface area (Å²) < 4.78 is 43.6. The molecule has 5 rings (SSSR count). The van der Waals surface area contributed by atoms with E-state index in [1.807, 2.05) is 19.9 Å². The number of halogens is 3. The van der Waals surface area contributed by atoms with Crippen LogP contribution in [0.4, 0.5) is 14.5 Å². The minimum atomic E-state index is -2.91. The van der Waals surface area contributed by atoms with E-state index >= 15 is 0 Å². The maximum Gasteiger partial charge on any atom is 0.333 e. The van der Waals surface area contributed by atoms with Gasteiger partial charge >= 0.3 is 6.55 Å². The fourth-order valence-electron chi connectivity index (χ4n) is 4.84. The topological polar surface area (TPSA) is 115 Å². The van der Waals surface area contributed by atoms with Gasteiger partial charge in [-0.3, -0.25) is 9.79 Å². The maximum atomic E-state index is 13.9. The average Bonchev–Trinajstić information content (AvgIpc) is 3.31. The fraction of sp³-hybridized carbons (Fsp3) is 0.450. The molecule has 1 unspecified atom stereocenters. The molecule has 3 atom stereocenters. The van der Waals surface area contributed by atoms with Gasteiger partial charge in [-0.15, -0.1) is 0 Å². The first-order valence-corrected chi connectivity index (χ1v) is 12.0. The number of carbonyl (C=O) groups is 1. The Kier molecular flexibility index (Phi) is 4.49. The zero-order valence-corrected chi connectivity index (χ0v) is 18.9. The van der Waals surface area contributed by atoms with Crippen LogP contribution in [-0.2, 0) is 21.7 Å². The van der Waals surface area contributed by atoms with Crippen molar-refractivity contribution in [2.45, 2.75) is 48.8 Å². The van der Waals surface area contributed by atoms with Gasteiger partial charge in [-0.1, -0.05) is 17.7 Å². The Hall–Kier alpha value is -2.53. The van der Waals surface area contributed by atoms with Crippen molar-refractivity contribution in [3.8, 4) is 0 Å². The van der Waals surface area contributed by atoms with Crippen molar-refractivity contribution in [1.82, 2.24) is 9.78 Å². The molecule has 2 aliphatic heterocycles. The van der Waals surface area contributed by atoms with E-state index in [1.54, 1.807) is 12.1 Å². The summed E-state index contributed by atoms with van der Waals surface area (Å²) in [6.07, 6.45) is 2.14. The molecule has 1 aromatic carbocycles. The van der Waals surface area contributed by atoms with Crippen LogP contribution >= 0.6 is 11.6 Å². The van der Waals surface area contributed by atoms with E-state index in [0.717, 1.165) is 17.3 Å². The number of nitrogens with one attached hydrogen (secondary N) is 1. The number of rotatable bonds is 3. The SMILES string of the molecule is CC1(C)C(N)=N[C@@]2(Cc3ccc(NC(=O)c4nn(C(F)F)cc4Cl)cc32)[C@@H]2CCN=S21=O. The summed E-state index contributed by atoms with van der Waals surface area (Å²) in [5.41, 5.74) is 7.53. The number of benzene rings is 1. The predicted octanol–water partition coefficient (Wildman–Crippen LogP) is 3.33. The minimum absolute atomic E-state index is 0.178. The Morgan fingerprint density at radius 2 is 2.16 bits per heavy atom. The van der Waals surface area contributed by atoms with Gasteiger partial charge in [0, 0.05) is 18.7 Å². The smallest absolute Gasteiger partial charge is 0.333 e. The number of fused-ring (bicyclic) bond motifs is 4. The molecule has 0 saturated heterocycles. The Balaban J connectivity index is 1.50. The average molecular weight is 483 g/mol. The molecular formula is C20H21ClF2N6O2S. The summed E-state index contributed by atoms with van der Waals surface area (Å²) in [7, 11) is -2.64. The summed E-state index contributed by atoms with van der Waals surface area (Å²) in [6.45, 7) is 1.23. The molecule has 2 aromatic rings. The van der Waals surface area contributed by atoms with Crippen LogP contribution in [0, 0.1) is 0 Å². The summed E-state index contributed by atoms with van der Waals surface area (Å²) in [6, 6.07) is 5.33. The normalized spacial score (nSPS) is 29.7. The molecule has 0 saturated carbocycles. The van der Waals surface area contributed by atoms with Crippen LogP contribution < -0.4 is 11.1 Å². The second kappa shape index (κ2) is 6.74. The summed E-state index contributed by atoms with van der Waals surface area (Å²) in [5.74, 6) is -0.399. The molecule has 1 spiro atoms. The van der Waals surface area contributed by atoms with Crippen molar-refractivity contribution in [3.63, 3.8) is 0 Å². The van der Waals surface area contributed by atoms with E-state index < -0.39 is 32.5 Å². The van der Waals surface area contributed by atoms with E-state index in [-0.39, 0.29) is 16.0 Å². The number of amidine groups is 1. The second-order valence-corrected chi connectivity index (χ2v) is 12.1. The van der Waals surface area contributed by atoms with Gasteiger partial charge in [0.1, 0.15) is 16.1 Å². The van der Waals surface area contributed by atoms with E-state index in [1.165, 1.54) is 0 Å². The molecule has 0 radical (unpaired) electrons. The summed E-state index contributed by atoms with van der Waals surface area (Å²) in [4.78, 5) is 17.4. The number of alkyl halides is 2. The monoisotopic (exact) mass is 482 g/mol. The van der Waals surface area contributed by atoms with E-state index in [4.69, 9.17) is 22.3 Å². The van der Waals surface area contributed by atoms with Crippen molar-refractivity contribution in [2.24, 2.45) is 15.1 Å². The van der Waals surface area contributed by atoms with Crippen molar-refractivity contribution in [1.29, 1.82) is 0 Å². The first-order valence-electron chi connectivity index (χ1n) is 10.0. The highest BCUT2D eigenvalue weighted by molar-refractivity contribution is 7.96. The number of anilines is 1. The molecule has 1 amide bonds. The van der Waals surface area contributed by atoms with Gasteiger partial charge in [-0.2, -0.15) is 13.9 Å². The standard InChI is InChI=1S/C20H21ClF2N6O2S/c1-19(2)17(24)27-20(14-5-6-25-32(14,19)31)8-10-3-4-11(7-12(10)20)26-16(30)15-13(21)9-29(28-15)18(22)23/h3-4,7,9,14,18H,5-6,8H2,1-2H3,(H2,24,27)(H,26,30)/t14-,20+,32?/m0/s1. The molecule has 170 valence electrons. The number of aliphatic imine (C=N–C) groups is 1. The zero-order chi connectivity index (χ0) is 23.1. The quantitative estimate of drug-likeness (QED) is 0.698. The summed E-state index contributed by atoms with van der Waals surface area (Å²) in [5, 5.41) is 5.76. The van der Waals surface area contributed by atoms with Gasteiger partial charge in [0.05, 0.1) is 26.2 Å². The van der Waals surface area contributed by atoms with Crippen molar-refractivity contribution in [3.05, 3.63) is 46.2 Å². The van der Waals surface area contributed by atoms with Gasteiger partial charge in [-0.05, 0) is 43.5 Å². The fourth-order valence-corrected chi connectivity index (χ4v) is 8.21. The lowest BCUT2D eigenvalue weighted by atomic mass is 9.67. The van der Waals surface area contributed by atoms with Gasteiger partial charge in [-0.25, -0.2) is 13.3 Å². The third-order valence-electron chi connectivity index (χ3n) is 6.66. The molecule has 3 heterocycles. The Bertz CT molecular complexity index is 1310. The Labute approximate surface area is 188 Å². The molecule has 0 bridgehead atoms. The molecule has 3 N–H and O–H groups in total. The number of aromatic nitrogens is 2. The van der Waals surface area contributed by atoms with Crippen molar-refractivity contribution in [2.75, 3.05) is 11.9 Å². The molecule has 3 aliphatic rings. The molecular weight excluding hydrogens is 462 g/mol. The lowest BCUT2D eigenvalue weighted by Crippen LogP contribution is -2.62. The largest absolute Gasteiger partial charge is 0.386 e. The van der Waals surface area contributed by atoms with Gasteiger partial charge in [0.2, 0.25) is 0 Å². The highest BCUT2D eigenvalue weighted by Gasteiger charge is 2.61. The lowest BCUT2D eigenvalue weighted by molar-refractivity contribution is 0.0561. The van der Waals surface area contributed by atoms with Crippen LogP contribution in [0.25, 0.3) is 0 Å². The Morgan fingerprint density at radius 1 is 1.41 bits per heavy atom. The highest BCUT2D eigenvalue weighted by Crippen LogP contribution is 2.55. The van der Waals surface area contributed by atoms with Crippen LogP contribution in [0.5, 0.6) is 0 Å². The predicted molar refractivity (Wildman–Crippen MR) is 118 cm³/mol.